The van der Waals surface area contributed by atoms with E-state index in [2.05, 4.69) is 20.0 Å². The van der Waals surface area contributed by atoms with Gasteiger partial charge in [-0.1, -0.05) is 18.2 Å². The first kappa shape index (κ1) is 31.0. The van der Waals surface area contributed by atoms with Crippen molar-refractivity contribution in [3.63, 3.8) is 0 Å². The van der Waals surface area contributed by atoms with Crippen LogP contribution in [0, 0.1) is 0 Å². The minimum Gasteiger partial charge on any atom is -0.476 e. The second kappa shape index (κ2) is 12.5. The summed E-state index contributed by atoms with van der Waals surface area (Å²) >= 11 is 5.70. The molecule has 13 nitrogen and oxygen atoms in total. The summed E-state index contributed by atoms with van der Waals surface area (Å²) in [5, 5.41) is 14.1. The maximum Gasteiger partial charge on any atom is 0.323 e. The lowest BCUT2D eigenvalue weighted by Gasteiger charge is -2.28. The van der Waals surface area contributed by atoms with E-state index >= 15 is 4.39 Å². The summed E-state index contributed by atoms with van der Waals surface area (Å²) in [6.07, 6.45) is -3.47. The summed E-state index contributed by atoms with van der Waals surface area (Å²) in [5.41, 5.74) is 4.28. The van der Waals surface area contributed by atoms with Gasteiger partial charge in [0.1, 0.15) is 23.5 Å². The number of nitrogen functional groups attached to an aromatic ring is 1. The fourth-order valence-electron chi connectivity index (χ4n) is 4.18. The number of hydrogen-bond donors (Lipinski definition) is 3. The number of aliphatic hydroxyl groups is 1. The van der Waals surface area contributed by atoms with Crippen molar-refractivity contribution in [3.05, 3.63) is 36.7 Å². The number of nitrogens with two attached hydrogens (primary N) is 1. The average Bonchev–Trinajstić information content (AvgIpc) is 3.41. The normalized spacial score (nSPS) is 24.7. The molecule has 1 aromatic carbocycles. The van der Waals surface area contributed by atoms with E-state index in [0.29, 0.717) is 12.4 Å². The zero-order valence-electron chi connectivity index (χ0n) is 23.3. The van der Waals surface area contributed by atoms with Gasteiger partial charge in [0.2, 0.25) is 11.8 Å². The van der Waals surface area contributed by atoms with Crippen LogP contribution in [-0.2, 0) is 30.6 Å². The molecule has 0 spiro atoms. The van der Waals surface area contributed by atoms with Gasteiger partial charge < -0.3 is 34.1 Å². The van der Waals surface area contributed by atoms with E-state index in [9.17, 15) is 9.90 Å². The minimum absolute atomic E-state index is 0.0908. The first-order valence-corrected chi connectivity index (χ1v) is 15.6. The quantitative estimate of drug-likeness (QED) is 0.202. The lowest BCUT2D eigenvalue weighted by atomic mass is 9.98. The zero-order valence-corrected chi connectivity index (χ0v) is 25.0. The molecular weight excluding hydrogens is 578 g/mol. The van der Waals surface area contributed by atoms with Gasteiger partial charge in [-0.25, -0.2) is 14.5 Å². The number of carbonyl (C=O) groups is 1. The van der Waals surface area contributed by atoms with E-state index in [4.69, 9.17) is 40.8 Å². The molecule has 224 valence electrons. The average molecular weight is 613 g/mol. The van der Waals surface area contributed by atoms with Gasteiger partial charge in [-0.15, -0.1) is 0 Å². The molecule has 2 unspecified atom stereocenters. The number of ether oxygens (including phenoxy) is 3. The maximum atomic E-state index is 15.7. The number of imidazole rings is 1. The fraction of sp³-hybridized carbons (Fsp3) is 0.520. The highest BCUT2D eigenvalue weighted by Crippen LogP contribution is 2.48. The van der Waals surface area contributed by atoms with Crippen LogP contribution in [-0.4, -0.2) is 73.8 Å². The number of hydrogen-bond acceptors (Lipinski definition) is 12. The van der Waals surface area contributed by atoms with Crippen molar-refractivity contribution in [1.82, 2.24) is 24.6 Å². The zero-order chi connectivity index (χ0) is 29.9. The predicted molar refractivity (Wildman–Crippen MR) is 151 cm³/mol. The highest BCUT2D eigenvalue weighted by molar-refractivity contribution is 8.09. The van der Waals surface area contributed by atoms with E-state index in [1.54, 1.807) is 58.0 Å². The molecule has 1 fully saturated rings. The van der Waals surface area contributed by atoms with Crippen molar-refractivity contribution in [2.24, 2.45) is 0 Å². The van der Waals surface area contributed by atoms with E-state index in [0.717, 1.165) is 0 Å². The molecule has 41 heavy (non-hydrogen) atoms. The van der Waals surface area contributed by atoms with Crippen LogP contribution in [0.5, 0.6) is 11.6 Å². The number of fused-ring (bicyclic) bond motifs is 1. The van der Waals surface area contributed by atoms with Gasteiger partial charge in [-0.05, 0) is 58.6 Å². The summed E-state index contributed by atoms with van der Waals surface area (Å²) in [6.45, 7) is 4.49. The van der Waals surface area contributed by atoms with Gasteiger partial charge in [0.25, 0.3) is 0 Å². The van der Waals surface area contributed by atoms with Crippen molar-refractivity contribution in [3.8, 4) is 11.6 Å². The van der Waals surface area contributed by atoms with Crippen molar-refractivity contribution >= 4 is 41.5 Å². The number of rotatable bonds is 12. The molecule has 1 aliphatic heterocycles. The fourth-order valence-corrected chi connectivity index (χ4v) is 6.59. The third-order valence-electron chi connectivity index (χ3n) is 6.06. The Morgan fingerprint density at radius 3 is 2.68 bits per heavy atom. The molecule has 0 saturated carbocycles. The van der Waals surface area contributed by atoms with Gasteiger partial charge in [0.15, 0.2) is 23.6 Å². The standard InChI is InChI=1S/C25H34FN6O7PS/c1-6-35-21-18-20(29-24(27)30-21)32(13-28-18)23-25(5,34)19(26)17(38-23)12-36-40(41,39-16-10-8-7-9-11-16)31-15(4)22(33)37-14(2)3/h7-11,13-15,17,19,23,34H,6,12H2,1-5H3,(H,31,41)(H2,27,29,30)/t15?,17-,19-,23-,25-,40?/m1/s1. The summed E-state index contributed by atoms with van der Waals surface area (Å²) < 4.78 is 45.7. The topological polar surface area (TPSA) is 165 Å². The Hall–Kier alpha value is -2.94. The largest absolute Gasteiger partial charge is 0.476 e. The molecule has 4 N–H and O–H groups in total. The molecule has 1 aliphatic rings. The Kier molecular flexibility index (Phi) is 9.46. The summed E-state index contributed by atoms with van der Waals surface area (Å²) in [7, 11) is 0. The first-order valence-electron chi connectivity index (χ1n) is 13.0. The van der Waals surface area contributed by atoms with Crippen molar-refractivity contribution < 1.29 is 37.5 Å². The van der Waals surface area contributed by atoms with Crippen LogP contribution in [0.3, 0.4) is 0 Å². The minimum atomic E-state index is -3.47. The molecule has 1 saturated heterocycles. The Balaban J connectivity index is 1.56. The van der Waals surface area contributed by atoms with Crippen LogP contribution in [0.2, 0.25) is 0 Å². The predicted octanol–water partition coefficient (Wildman–Crippen LogP) is 3.04. The molecular formula is C25H34FN6O7PS. The number of para-hydroxylation sites is 1. The lowest BCUT2D eigenvalue weighted by molar-refractivity contribution is -0.149. The molecule has 16 heteroatoms. The highest BCUT2D eigenvalue weighted by Gasteiger charge is 2.55. The van der Waals surface area contributed by atoms with E-state index in [-0.39, 0.29) is 29.1 Å². The van der Waals surface area contributed by atoms with E-state index in [1.165, 1.54) is 17.8 Å². The van der Waals surface area contributed by atoms with Gasteiger partial charge in [-0.3, -0.25) is 9.36 Å². The Morgan fingerprint density at radius 1 is 1.32 bits per heavy atom. The van der Waals surface area contributed by atoms with Crippen LogP contribution in [0.1, 0.15) is 40.8 Å². The van der Waals surface area contributed by atoms with Crippen molar-refractivity contribution in [1.29, 1.82) is 0 Å². The lowest BCUT2D eigenvalue weighted by Crippen LogP contribution is -2.42. The summed E-state index contributed by atoms with van der Waals surface area (Å²) in [6, 6.07) is 7.73. The second-order valence-corrected chi connectivity index (χ2v) is 13.0. The van der Waals surface area contributed by atoms with Crippen molar-refractivity contribution in [2.75, 3.05) is 18.9 Å². The number of anilines is 1. The molecule has 2 aromatic heterocycles. The van der Waals surface area contributed by atoms with Crippen molar-refractivity contribution in [2.45, 2.75) is 70.9 Å². The smallest absolute Gasteiger partial charge is 0.323 e. The molecule has 6 atom stereocenters. The molecule has 4 rings (SSSR count). The summed E-state index contributed by atoms with van der Waals surface area (Å²) in [5.74, 6) is -0.114. The van der Waals surface area contributed by atoms with E-state index in [1.807, 2.05) is 0 Å². The Labute approximate surface area is 241 Å². The number of aromatic nitrogens is 4. The number of benzene rings is 1. The van der Waals surface area contributed by atoms with Crippen LogP contribution in [0.15, 0.2) is 36.7 Å². The molecule has 0 amide bonds. The molecule has 0 bridgehead atoms. The number of alkyl halides is 1. The van der Waals surface area contributed by atoms with Crippen LogP contribution >= 0.6 is 6.64 Å². The summed E-state index contributed by atoms with van der Waals surface area (Å²) in [4.78, 5) is 25.0. The third-order valence-corrected chi connectivity index (χ3v) is 8.56. The highest BCUT2D eigenvalue weighted by atomic mass is 32.5. The monoisotopic (exact) mass is 612 g/mol. The van der Waals surface area contributed by atoms with Crippen LogP contribution in [0.4, 0.5) is 10.3 Å². The third kappa shape index (κ3) is 6.93. The second-order valence-electron chi connectivity index (χ2n) is 9.83. The van der Waals surface area contributed by atoms with Gasteiger partial charge >= 0.3 is 12.6 Å². The maximum absolute atomic E-state index is 15.7. The van der Waals surface area contributed by atoms with E-state index < -0.39 is 49.4 Å². The Morgan fingerprint density at radius 2 is 2.02 bits per heavy atom. The molecule has 0 radical (unpaired) electrons. The number of carbonyl (C=O) groups excluding carboxylic acids is 1. The van der Waals surface area contributed by atoms with Crippen LogP contribution < -0.4 is 20.1 Å². The molecule has 0 aliphatic carbocycles. The molecule has 3 aromatic rings. The Bertz CT molecular complexity index is 1410. The number of nitrogens with zero attached hydrogens (tertiary/aromatic N) is 4. The van der Waals surface area contributed by atoms with Gasteiger partial charge in [0.05, 0.1) is 25.6 Å². The number of esters is 1. The molecule has 3 heterocycles. The van der Waals surface area contributed by atoms with Gasteiger partial charge in [0, 0.05) is 0 Å². The number of halogens is 1. The SMILES string of the molecule is CCOc1nc(N)nc2c1ncn2[C@@H]1O[C@H](COP(=S)(NC(C)C(=O)OC(C)C)Oc2ccccc2)[C@@H](F)[C@@]1(C)O. The van der Waals surface area contributed by atoms with Gasteiger partial charge in [-0.2, -0.15) is 9.97 Å². The van der Waals surface area contributed by atoms with Crippen LogP contribution in [0.25, 0.3) is 11.2 Å². The number of nitrogens with one attached hydrogen (secondary N) is 1. The first-order chi connectivity index (χ1) is 19.3.